The highest BCUT2D eigenvalue weighted by Crippen LogP contribution is 2.29. The van der Waals surface area contributed by atoms with Crippen LogP contribution in [0.2, 0.25) is 0 Å². The van der Waals surface area contributed by atoms with Crippen molar-refractivity contribution < 1.29 is 4.79 Å². The number of nitrogens with zero attached hydrogens (tertiary/aromatic N) is 2. The topological polar surface area (TPSA) is 45.8 Å². The van der Waals surface area contributed by atoms with Crippen LogP contribution in [-0.4, -0.2) is 10.4 Å². The zero-order valence-electron chi connectivity index (χ0n) is 11.7. The normalized spacial score (nSPS) is 12.0. The molecular formula is C16H14Br2N2O. The second kappa shape index (κ2) is 6.59. The van der Waals surface area contributed by atoms with Crippen LogP contribution in [0.5, 0.6) is 0 Å². The molecule has 0 fully saturated rings. The predicted molar refractivity (Wildman–Crippen MR) is 89.3 cm³/mol. The van der Waals surface area contributed by atoms with Crippen LogP contribution in [0.15, 0.2) is 39.3 Å². The van der Waals surface area contributed by atoms with Gasteiger partial charge in [-0.05, 0) is 52.7 Å². The van der Waals surface area contributed by atoms with Crippen LogP contribution in [0.4, 0.5) is 0 Å². The first-order valence-electron chi connectivity index (χ1n) is 6.54. The van der Waals surface area contributed by atoms with Crippen LogP contribution < -0.4 is 0 Å². The summed E-state index contributed by atoms with van der Waals surface area (Å²) in [5, 5.41) is 9.22. The summed E-state index contributed by atoms with van der Waals surface area (Å²) in [7, 11) is 1.83. The number of halogens is 2. The number of carbonyl (C=O) groups is 1. The van der Waals surface area contributed by atoms with Crippen LogP contribution in [0.3, 0.4) is 0 Å². The summed E-state index contributed by atoms with van der Waals surface area (Å²) in [5.41, 5.74) is 2.05. The minimum absolute atomic E-state index is 0.0593. The molecule has 0 N–H and O–H groups in total. The Bertz CT molecular complexity index is 711. The molecule has 0 spiro atoms. The van der Waals surface area contributed by atoms with E-state index in [0.717, 1.165) is 14.6 Å². The van der Waals surface area contributed by atoms with Crippen molar-refractivity contribution in [1.82, 2.24) is 4.57 Å². The molecule has 0 aliphatic carbocycles. The number of benzene rings is 1. The Labute approximate surface area is 140 Å². The summed E-state index contributed by atoms with van der Waals surface area (Å²) in [6.45, 7) is 1.96. The monoisotopic (exact) mass is 408 g/mol. The van der Waals surface area contributed by atoms with Crippen molar-refractivity contribution in [1.29, 1.82) is 5.26 Å². The van der Waals surface area contributed by atoms with E-state index in [1.54, 1.807) is 12.1 Å². The second-order valence-corrected chi connectivity index (χ2v) is 6.52. The molecule has 1 aromatic heterocycles. The van der Waals surface area contributed by atoms with Gasteiger partial charge in [-0.1, -0.05) is 22.9 Å². The minimum Gasteiger partial charge on any atom is -0.343 e. The number of hydrogen-bond acceptors (Lipinski definition) is 2. The fourth-order valence-corrected chi connectivity index (χ4v) is 3.23. The van der Waals surface area contributed by atoms with Crippen LogP contribution in [0.25, 0.3) is 0 Å². The van der Waals surface area contributed by atoms with Gasteiger partial charge in [0.1, 0.15) is 5.69 Å². The molecule has 0 aliphatic rings. The Morgan fingerprint density at radius 1 is 1.33 bits per heavy atom. The van der Waals surface area contributed by atoms with Gasteiger partial charge in [0.15, 0.2) is 0 Å². The molecule has 3 nitrogen and oxygen atoms in total. The van der Waals surface area contributed by atoms with Crippen molar-refractivity contribution in [3.8, 4) is 6.07 Å². The summed E-state index contributed by atoms with van der Waals surface area (Å²) < 4.78 is 3.47. The quantitative estimate of drug-likeness (QED) is 0.681. The van der Waals surface area contributed by atoms with Gasteiger partial charge in [0.25, 0.3) is 0 Å². The van der Waals surface area contributed by atoms with E-state index < -0.39 is 0 Å². The second-order valence-electron chi connectivity index (χ2n) is 4.75. The highest BCUT2D eigenvalue weighted by Gasteiger charge is 2.22. The van der Waals surface area contributed by atoms with Crippen molar-refractivity contribution in [2.45, 2.75) is 19.3 Å². The lowest BCUT2D eigenvalue weighted by atomic mass is 10.1. The summed E-state index contributed by atoms with van der Waals surface area (Å²) >= 11 is 6.81. The molecule has 108 valence electrons. The van der Waals surface area contributed by atoms with Gasteiger partial charge in [-0.3, -0.25) is 4.79 Å². The largest absolute Gasteiger partial charge is 0.343 e. The lowest BCUT2D eigenvalue weighted by Gasteiger charge is -2.10. The maximum atomic E-state index is 12.7. The molecule has 5 heteroatoms. The zero-order valence-corrected chi connectivity index (χ0v) is 14.9. The smallest absolute Gasteiger partial charge is 0.210 e. The molecule has 2 rings (SSSR count). The molecule has 0 saturated heterocycles. The number of aromatic nitrogens is 1. The van der Waals surface area contributed by atoms with Gasteiger partial charge in [-0.25, -0.2) is 0 Å². The van der Waals surface area contributed by atoms with E-state index in [9.17, 15) is 10.1 Å². The van der Waals surface area contributed by atoms with Gasteiger partial charge in [0.05, 0.1) is 12.0 Å². The number of rotatable bonds is 4. The number of hydrogen-bond donors (Lipinski definition) is 0. The van der Waals surface area contributed by atoms with Crippen molar-refractivity contribution >= 4 is 37.6 Å². The van der Waals surface area contributed by atoms with Crippen LogP contribution >= 0.6 is 31.9 Å². The SMILES string of the molecule is CCC(C#N)c1cc(Br)c(C(=O)c2ccc(Br)cc2)n1C. The van der Waals surface area contributed by atoms with E-state index in [0.29, 0.717) is 17.7 Å². The summed E-state index contributed by atoms with van der Waals surface area (Å²) in [5.74, 6) is -0.270. The molecular weight excluding hydrogens is 396 g/mol. The van der Waals surface area contributed by atoms with Crippen molar-refractivity contribution in [2.75, 3.05) is 0 Å². The lowest BCUT2D eigenvalue weighted by Crippen LogP contribution is -2.11. The molecule has 1 atom stereocenters. The van der Waals surface area contributed by atoms with Crippen LogP contribution in [0.1, 0.15) is 41.0 Å². The first-order valence-corrected chi connectivity index (χ1v) is 8.13. The molecule has 1 aromatic carbocycles. The number of ketones is 1. The molecule has 21 heavy (non-hydrogen) atoms. The fraction of sp³-hybridized carbons (Fsp3) is 0.250. The average Bonchev–Trinajstić information content (AvgIpc) is 2.76. The third-order valence-electron chi connectivity index (χ3n) is 3.47. The number of nitriles is 1. The van der Waals surface area contributed by atoms with Gasteiger partial charge in [0.2, 0.25) is 5.78 Å². The zero-order chi connectivity index (χ0) is 15.6. The Morgan fingerprint density at radius 3 is 2.48 bits per heavy atom. The molecule has 0 radical (unpaired) electrons. The van der Waals surface area contributed by atoms with Gasteiger partial charge in [-0.2, -0.15) is 5.26 Å². The van der Waals surface area contributed by atoms with Gasteiger partial charge < -0.3 is 4.57 Å². The Kier molecular flexibility index (Phi) is 5.02. The van der Waals surface area contributed by atoms with Crippen LogP contribution in [-0.2, 0) is 7.05 Å². The number of carbonyl (C=O) groups excluding carboxylic acids is 1. The molecule has 0 bridgehead atoms. The predicted octanol–water partition coefficient (Wildman–Crippen LogP) is 4.80. The van der Waals surface area contributed by atoms with Gasteiger partial charge in [-0.15, -0.1) is 0 Å². The highest BCUT2D eigenvalue weighted by molar-refractivity contribution is 9.10. The molecule has 0 aliphatic heterocycles. The van der Waals surface area contributed by atoms with E-state index >= 15 is 0 Å². The first-order chi connectivity index (χ1) is 9.99. The molecule has 1 heterocycles. The van der Waals surface area contributed by atoms with Crippen molar-refractivity contribution in [2.24, 2.45) is 7.05 Å². The van der Waals surface area contributed by atoms with Crippen molar-refractivity contribution in [3.63, 3.8) is 0 Å². The van der Waals surface area contributed by atoms with Crippen molar-refractivity contribution in [3.05, 3.63) is 56.2 Å². The maximum Gasteiger partial charge on any atom is 0.210 e. The van der Waals surface area contributed by atoms with E-state index in [1.807, 2.05) is 36.7 Å². The minimum atomic E-state index is -0.210. The van der Waals surface area contributed by atoms with E-state index in [2.05, 4.69) is 37.9 Å². The van der Waals surface area contributed by atoms with Gasteiger partial charge in [0, 0.05) is 27.3 Å². The Balaban J connectivity index is 2.47. The Hall–Kier alpha value is -1.38. The molecule has 2 aromatic rings. The van der Waals surface area contributed by atoms with E-state index in [4.69, 9.17) is 0 Å². The average molecular weight is 410 g/mol. The standard InChI is InChI=1S/C16H14Br2N2O/c1-3-10(9-19)14-8-13(18)15(20(14)2)16(21)11-4-6-12(17)7-5-11/h4-8,10H,3H2,1-2H3. The van der Waals surface area contributed by atoms with Crippen LogP contribution in [0, 0.1) is 11.3 Å². The summed E-state index contributed by atoms with van der Waals surface area (Å²) in [6.07, 6.45) is 0.715. The Morgan fingerprint density at radius 2 is 1.95 bits per heavy atom. The third kappa shape index (κ3) is 3.12. The molecule has 1 unspecified atom stereocenters. The molecule has 0 saturated carbocycles. The highest BCUT2D eigenvalue weighted by atomic mass is 79.9. The van der Waals surface area contributed by atoms with E-state index in [1.165, 1.54) is 0 Å². The fourth-order valence-electron chi connectivity index (χ4n) is 2.28. The van der Waals surface area contributed by atoms with E-state index in [-0.39, 0.29) is 11.7 Å². The third-order valence-corrected chi connectivity index (χ3v) is 4.60. The maximum absolute atomic E-state index is 12.7. The molecule has 0 amide bonds. The first kappa shape index (κ1) is 16.0. The summed E-state index contributed by atoms with van der Waals surface area (Å²) in [6, 6.07) is 11.4. The van der Waals surface area contributed by atoms with Gasteiger partial charge >= 0.3 is 0 Å². The lowest BCUT2D eigenvalue weighted by molar-refractivity contribution is 0.103. The summed E-state index contributed by atoms with van der Waals surface area (Å²) in [4.78, 5) is 12.7.